The van der Waals surface area contributed by atoms with Crippen LogP contribution < -0.4 is 15.5 Å². The molecule has 0 bridgehead atoms. The highest BCUT2D eigenvalue weighted by atomic mass is 16.3. The van der Waals surface area contributed by atoms with Crippen LogP contribution in [0.2, 0.25) is 0 Å². The molecule has 5 rings (SSSR count). The number of rotatable bonds is 9. The van der Waals surface area contributed by atoms with Gasteiger partial charge in [0.2, 0.25) is 11.8 Å². The first kappa shape index (κ1) is 28.7. The van der Waals surface area contributed by atoms with Crippen molar-refractivity contribution >= 4 is 29.1 Å². The van der Waals surface area contributed by atoms with Crippen LogP contribution in [0.5, 0.6) is 0 Å². The van der Waals surface area contributed by atoms with Crippen molar-refractivity contribution in [3.63, 3.8) is 0 Å². The van der Waals surface area contributed by atoms with Crippen molar-refractivity contribution in [2.75, 3.05) is 29.9 Å². The second-order valence-electron chi connectivity index (χ2n) is 11.1. The fourth-order valence-electron chi connectivity index (χ4n) is 6.14. The summed E-state index contributed by atoms with van der Waals surface area (Å²) in [5.41, 5.74) is 1.78. The highest BCUT2D eigenvalue weighted by molar-refractivity contribution is 6.08. The maximum atomic E-state index is 13.6. The summed E-state index contributed by atoms with van der Waals surface area (Å²) in [5.74, 6) is -1.43. The molecule has 3 amide bonds. The van der Waals surface area contributed by atoms with Crippen molar-refractivity contribution in [1.82, 2.24) is 10.2 Å². The van der Waals surface area contributed by atoms with Crippen molar-refractivity contribution in [2.24, 2.45) is 5.92 Å². The third kappa shape index (κ3) is 5.45. The number of nitrogens with zero attached hydrogens (tertiary/aromatic N) is 2. The molecule has 4 N–H and O–H groups in total. The molecule has 9 nitrogen and oxygen atoms in total. The molecule has 0 radical (unpaired) electrons. The molecule has 0 unspecified atom stereocenters. The van der Waals surface area contributed by atoms with Crippen LogP contribution in [0.1, 0.15) is 42.9 Å². The van der Waals surface area contributed by atoms with E-state index in [1.807, 2.05) is 24.3 Å². The minimum atomic E-state index is -1.89. The van der Waals surface area contributed by atoms with E-state index in [0.717, 1.165) is 30.5 Å². The minimum absolute atomic E-state index is 0.0704. The van der Waals surface area contributed by atoms with Gasteiger partial charge in [0, 0.05) is 36.7 Å². The third-order valence-corrected chi connectivity index (χ3v) is 8.49. The zero-order valence-corrected chi connectivity index (χ0v) is 23.4. The van der Waals surface area contributed by atoms with E-state index in [2.05, 4.69) is 17.2 Å². The van der Waals surface area contributed by atoms with Gasteiger partial charge in [0.05, 0.1) is 24.4 Å². The van der Waals surface area contributed by atoms with Gasteiger partial charge in [0.25, 0.3) is 5.91 Å². The molecule has 41 heavy (non-hydrogen) atoms. The van der Waals surface area contributed by atoms with E-state index in [1.165, 1.54) is 4.90 Å². The number of hydrogen-bond donors (Lipinski definition) is 4. The summed E-state index contributed by atoms with van der Waals surface area (Å²) in [4.78, 5) is 42.7. The smallest absolute Gasteiger partial charge is 0.264 e. The van der Waals surface area contributed by atoms with Crippen LogP contribution in [0.15, 0.2) is 67.3 Å². The van der Waals surface area contributed by atoms with Crippen LogP contribution in [0.4, 0.5) is 11.4 Å². The monoisotopic (exact) mass is 558 g/mol. The van der Waals surface area contributed by atoms with Gasteiger partial charge in [-0.25, -0.2) is 0 Å². The molecule has 0 spiro atoms. The Morgan fingerprint density at radius 3 is 2.73 bits per heavy atom. The lowest BCUT2D eigenvalue weighted by molar-refractivity contribution is -0.139. The standard InChI is InChI=1S/C32H38N4O5/c1-3-16-35-28-14-13-24(34-30(39)27-11-7-15-33-27)18-26(28)32(41,31(35)40)21(2)8-6-12-29(38)36-19-23-10-5-4-9-22(23)17-25(36)20-37/h3-6,8-10,13-14,18,21,25,27,33,37,41H,1,7,11-12,15-17,19-20H2,2H3,(H,34,39)/b8-6+/t21-,25+,27-,32+/m1/s1. The third-order valence-electron chi connectivity index (χ3n) is 8.49. The van der Waals surface area contributed by atoms with Crippen molar-refractivity contribution in [2.45, 2.75) is 56.8 Å². The van der Waals surface area contributed by atoms with Gasteiger partial charge in [-0.1, -0.05) is 49.4 Å². The van der Waals surface area contributed by atoms with E-state index >= 15 is 0 Å². The van der Waals surface area contributed by atoms with Crippen molar-refractivity contribution < 1.29 is 24.6 Å². The van der Waals surface area contributed by atoms with E-state index in [9.17, 15) is 24.6 Å². The predicted molar refractivity (Wildman–Crippen MR) is 157 cm³/mol. The Morgan fingerprint density at radius 1 is 1.24 bits per heavy atom. The Bertz CT molecular complexity index is 1370. The zero-order valence-electron chi connectivity index (χ0n) is 23.4. The van der Waals surface area contributed by atoms with Gasteiger partial charge in [-0.05, 0) is 55.1 Å². The van der Waals surface area contributed by atoms with Gasteiger partial charge in [0.15, 0.2) is 5.60 Å². The van der Waals surface area contributed by atoms with Crippen molar-refractivity contribution in [1.29, 1.82) is 0 Å². The number of aliphatic hydroxyl groups is 2. The summed E-state index contributed by atoms with van der Waals surface area (Å²) in [6.07, 6.45) is 7.33. The minimum Gasteiger partial charge on any atom is -0.394 e. The lowest BCUT2D eigenvalue weighted by Crippen LogP contribution is -2.46. The summed E-state index contributed by atoms with van der Waals surface area (Å²) >= 11 is 0. The number of anilines is 2. The number of fused-ring (bicyclic) bond motifs is 2. The molecule has 0 aromatic heterocycles. The fraction of sp³-hybridized carbons (Fsp3) is 0.406. The maximum absolute atomic E-state index is 13.6. The van der Waals surface area contributed by atoms with E-state index < -0.39 is 17.4 Å². The Morgan fingerprint density at radius 2 is 2.02 bits per heavy atom. The van der Waals surface area contributed by atoms with Crippen LogP contribution >= 0.6 is 0 Å². The van der Waals surface area contributed by atoms with E-state index in [-0.39, 0.29) is 43.5 Å². The summed E-state index contributed by atoms with van der Waals surface area (Å²) in [6, 6.07) is 12.5. The molecule has 0 aliphatic carbocycles. The number of aliphatic hydroxyl groups excluding tert-OH is 1. The van der Waals surface area contributed by atoms with Gasteiger partial charge in [-0.3, -0.25) is 14.4 Å². The largest absolute Gasteiger partial charge is 0.394 e. The van der Waals surface area contributed by atoms with Gasteiger partial charge >= 0.3 is 0 Å². The average Bonchev–Trinajstić information content (AvgIpc) is 3.60. The molecular weight excluding hydrogens is 520 g/mol. The van der Waals surface area contributed by atoms with Gasteiger partial charge in [-0.15, -0.1) is 6.58 Å². The zero-order chi connectivity index (χ0) is 29.1. The number of amides is 3. The average molecular weight is 559 g/mol. The van der Waals surface area contributed by atoms with Crippen molar-refractivity contribution in [3.8, 4) is 0 Å². The summed E-state index contributed by atoms with van der Waals surface area (Å²) < 4.78 is 0. The Balaban J connectivity index is 1.34. The molecule has 9 heteroatoms. The second-order valence-corrected chi connectivity index (χ2v) is 11.1. The first-order chi connectivity index (χ1) is 19.8. The highest BCUT2D eigenvalue weighted by Crippen LogP contribution is 2.46. The fourth-order valence-corrected chi connectivity index (χ4v) is 6.14. The number of carbonyl (C=O) groups excluding carboxylic acids is 3. The Kier molecular flexibility index (Phi) is 8.40. The topological polar surface area (TPSA) is 122 Å². The lowest BCUT2D eigenvalue weighted by atomic mass is 9.82. The predicted octanol–water partition coefficient (Wildman–Crippen LogP) is 2.63. The number of hydrogen-bond acceptors (Lipinski definition) is 6. The normalized spacial score (nSPS) is 24.3. The maximum Gasteiger partial charge on any atom is 0.264 e. The van der Waals surface area contributed by atoms with Crippen LogP contribution in [-0.2, 0) is 33.0 Å². The van der Waals surface area contributed by atoms with E-state index in [0.29, 0.717) is 29.9 Å². The SMILES string of the molecule is C=CCN1C(=O)[C@](O)([C@H](C)/C=C/CC(=O)N2Cc3ccccc3C[C@H]2CO)c2cc(NC(=O)[C@H]3CCCN3)ccc21. The number of carbonyl (C=O) groups is 3. The molecule has 0 saturated carbocycles. The molecule has 1 fully saturated rings. The molecule has 3 aliphatic rings. The Hall–Kier alpha value is -3.79. The van der Waals surface area contributed by atoms with Gasteiger partial charge < -0.3 is 30.6 Å². The summed E-state index contributed by atoms with van der Waals surface area (Å²) in [5, 5.41) is 27.9. The van der Waals surface area contributed by atoms with E-state index in [1.54, 1.807) is 48.3 Å². The number of benzene rings is 2. The second kappa shape index (κ2) is 12.0. The van der Waals surface area contributed by atoms with E-state index in [4.69, 9.17) is 0 Å². The first-order valence-electron chi connectivity index (χ1n) is 14.3. The summed E-state index contributed by atoms with van der Waals surface area (Å²) in [7, 11) is 0. The molecule has 3 heterocycles. The van der Waals surface area contributed by atoms with Gasteiger partial charge in [-0.2, -0.15) is 0 Å². The molecule has 216 valence electrons. The van der Waals surface area contributed by atoms with Crippen LogP contribution in [0, 0.1) is 5.92 Å². The molecule has 3 aliphatic heterocycles. The van der Waals surface area contributed by atoms with Crippen LogP contribution in [-0.4, -0.2) is 64.6 Å². The van der Waals surface area contributed by atoms with Crippen LogP contribution in [0.3, 0.4) is 0 Å². The van der Waals surface area contributed by atoms with Crippen molar-refractivity contribution in [3.05, 3.63) is 84.0 Å². The molecule has 2 aromatic carbocycles. The summed E-state index contributed by atoms with van der Waals surface area (Å²) in [6.45, 7) is 6.82. The molecule has 4 atom stereocenters. The molecular formula is C32H38N4O5. The molecule has 2 aromatic rings. The van der Waals surface area contributed by atoms with Crippen LogP contribution in [0.25, 0.3) is 0 Å². The lowest BCUT2D eigenvalue weighted by Gasteiger charge is -2.36. The number of nitrogens with one attached hydrogen (secondary N) is 2. The first-order valence-corrected chi connectivity index (χ1v) is 14.3. The van der Waals surface area contributed by atoms with Gasteiger partial charge in [0.1, 0.15) is 0 Å². The Labute approximate surface area is 240 Å². The highest BCUT2D eigenvalue weighted by Gasteiger charge is 2.52. The molecule has 1 saturated heterocycles. The quantitative estimate of drug-likeness (QED) is 0.351.